The molecular formula is C16H18F3N5O9S. The molecule has 0 aromatic carbocycles. The Morgan fingerprint density at radius 3 is 2.44 bits per heavy atom. The molecule has 1 fully saturated rings. The average molecular weight is 513 g/mol. The number of anilines is 1. The smallest absolute Gasteiger partial charge is 0.479 e. The van der Waals surface area contributed by atoms with Crippen LogP contribution >= 0.6 is 0 Å². The monoisotopic (exact) mass is 513 g/mol. The van der Waals surface area contributed by atoms with Gasteiger partial charge in [-0.2, -0.15) is 31.6 Å². The molecule has 1 aliphatic heterocycles. The van der Waals surface area contributed by atoms with Crippen LogP contribution in [-0.4, -0.2) is 77.4 Å². The van der Waals surface area contributed by atoms with Gasteiger partial charge in [-0.05, 0) is 0 Å². The quantitative estimate of drug-likeness (QED) is 0.298. The number of nitrogens with two attached hydrogens (primary N) is 1. The van der Waals surface area contributed by atoms with Gasteiger partial charge in [0.25, 0.3) is 0 Å². The minimum absolute atomic E-state index is 0.00482. The Balaban J connectivity index is 2.14. The highest BCUT2D eigenvalue weighted by Crippen LogP contribution is 2.39. The van der Waals surface area contributed by atoms with Gasteiger partial charge < -0.3 is 24.7 Å². The molecule has 0 aliphatic carbocycles. The number of alkyl halides is 3. The first kappa shape index (κ1) is 25.4. The topological polar surface area (TPSA) is 184 Å². The van der Waals surface area contributed by atoms with Gasteiger partial charge >= 0.3 is 27.6 Å². The van der Waals surface area contributed by atoms with Crippen molar-refractivity contribution in [2.75, 3.05) is 19.5 Å². The summed E-state index contributed by atoms with van der Waals surface area (Å²) >= 11 is 0. The van der Waals surface area contributed by atoms with E-state index in [0.717, 1.165) is 24.7 Å². The van der Waals surface area contributed by atoms with Crippen molar-refractivity contribution in [3.63, 3.8) is 0 Å². The summed E-state index contributed by atoms with van der Waals surface area (Å²) in [7, 11) is -4.95. The average Bonchev–Trinajstić information content (AvgIpc) is 3.26. The largest absolute Gasteiger partial charge is 0.523 e. The number of nitrogen functional groups attached to an aromatic ring is 1. The molecule has 0 amide bonds. The van der Waals surface area contributed by atoms with Crippen molar-refractivity contribution in [2.45, 2.75) is 43.9 Å². The molecule has 34 heavy (non-hydrogen) atoms. The number of aromatic nitrogens is 4. The Morgan fingerprint density at radius 2 is 1.88 bits per heavy atom. The van der Waals surface area contributed by atoms with Crippen LogP contribution in [0.5, 0.6) is 5.88 Å². The standard InChI is InChI=1S/C16H18F3N5O9S/c1-6(25)30-4-8-10(31-7(2)26)11(33-34(27,28)16(17,18)19)14(32-8)24-5-21-9-12(24)22-15(20)23-13(9)29-3/h5,8,10-11,14H,4H2,1-3H3,(H2,20,22,23)/t8-,10-,11-,14-/m1/s1. The number of imidazole rings is 1. The van der Waals surface area contributed by atoms with Crippen molar-refractivity contribution >= 4 is 39.2 Å². The fourth-order valence-corrected chi connectivity index (χ4v) is 3.74. The number of hydrogen-bond donors (Lipinski definition) is 1. The molecule has 188 valence electrons. The Kier molecular flexibility index (Phi) is 6.85. The predicted octanol–water partition coefficient (Wildman–Crippen LogP) is 0.0441. The molecular weight excluding hydrogens is 495 g/mol. The number of fused-ring (bicyclic) bond motifs is 1. The van der Waals surface area contributed by atoms with E-state index in [2.05, 4.69) is 19.1 Å². The van der Waals surface area contributed by atoms with E-state index in [-0.39, 0.29) is 23.0 Å². The van der Waals surface area contributed by atoms with Crippen LogP contribution < -0.4 is 10.5 Å². The van der Waals surface area contributed by atoms with Crippen LogP contribution in [0.25, 0.3) is 11.2 Å². The van der Waals surface area contributed by atoms with E-state index in [1.54, 1.807) is 0 Å². The van der Waals surface area contributed by atoms with Crippen molar-refractivity contribution in [1.82, 2.24) is 19.5 Å². The highest BCUT2D eigenvalue weighted by Gasteiger charge is 2.56. The minimum atomic E-state index is -6.20. The molecule has 2 aromatic heterocycles. The number of esters is 2. The summed E-state index contributed by atoms with van der Waals surface area (Å²) in [6, 6.07) is 0. The van der Waals surface area contributed by atoms with Gasteiger partial charge in [0.05, 0.1) is 13.4 Å². The fourth-order valence-electron chi connectivity index (χ4n) is 3.14. The lowest BCUT2D eigenvalue weighted by atomic mass is 10.1. The van der Waals surface area contributed by atoms with Gasteiger partial charge in [-0.25, -0.2) is 4.98 Å². The number of hydrogen-bond acceptors (Lipinski definition) is 13. The van der Waals surface area contributed by atoms with Crippen molar-refractivity contribution in [1.29, 1.82) is 0 Å². The maximum atomic E-state index is 13.1. The van der Waals surface area contributed by atoms with Crippen molar-refractivity contribution in [3.05, 3.63) is 6.33 Å². The Labute approximate surface area is 189 Å². The molecule has 1 saturated heterocycles. The second kappa shape index (κ2) is 9.18. The Bertz CT molecular complexity index is 1200. The van der Waals surface area contributed by atoms with Crippen LogP contribution in [0, 0.1) is 0 Å². The van der Waals surface area contributed by atoms with Gasteiger partial charge in [0.15, 0.2) is 29.6 Å². The first-order valence-corrected chi connectivity index (χ1v) is 10.7. The third-order valence-electron chi connectivity index (χ3n) is 4.43. The summed E-state index contributed by atoms with van der Waals surface area (Å²) < 4.78 is 88.9. The third-order valence-corrected chi connectivity index (χ3v) is 5.48. The Hall–Kier alpha value is -3.25. The van der Waals surface area contributed by atoms with E-state index < -0.39 is 58.7 Å². The lowest BCUT2D eigenvalue weighted by Crippen LogP contribution is -2.42. The van der Waals surface area contributed by atoms with Gasteiger partial charge in [0.2, 0.25) is 11.8 Å². The molecule has 0 unspecified atom stereocenters. The molecule has 18 heteroatoms. The zero-order chi connectivity index (χ0) is 25.4. The zero-order valence-electron chi connectivity index (χ0n) is 17.7. The molecule has 14 nitrogen and oxygen atoms in total. The molecule has 2 N–H and O–H groups in total. The van der Waals surface area contributed by atoms with E-state index in [4.69, 9.17) is 24.7 Å². The van der Waals surface area contributed by atoms with Crippen LogP contribution in [0.15, 0.2) is 6.33 Å². The van der Waals surface area contributed by atoms with Crippen LogP contribution in [0.4, 0.5) is 19.1 Å². The first-order valence-electron chi connectivity index (χ1n) is 9.24. The van der Waals surface area contributed by atoms with Crippen molar-refractivity contribution in [2.24, 2.45) is 0 Å². The molecule has 1 aliphatic rings. The lowest BCUT2D eigenvalue weighted by Gasteiger charge is -2.24. The molecule has 0 spiro atoms. The molecule has 0 bridgehead atoms. The molecule has 3 rings (SSSR count). The second-order valence-corrected chi connectivity index (χ2v) is 8.38. The van der Waals surface area contributed by atoms with E-state index in [1.165, 1.54) is 7.11 Å². The fraction of sp³-hybridized carbons (Fsp3) is 0.562. The van der Waals surface area contributed by atoms with Gasteiger partial charge in [0, 0.05) is 13.8 Å². The maximum absolute atomic E-state index is 13.1. The Morgan fingerprint density at radius 1 is 1.21 bits per heavy atom. The van der Waals surface area contributed by atoms with Crippen LogP contribution in [0.3, 0.4) is 0 Å². The summed E-state index contributed by atoms with van der Waals surface area (Å²) in [4.78, 5) is 34.6. The molecule has 2 aromatic rings. The van der Waals surface area contributed by atoms with Gasteiger partial charge in [0.1, 0.15) is 12.7 Å². The number of rotatable bonds is 7. The predicted molar refractivity (Wildman–Crippen MR) is 102 cm³/mol. The SMILES string of the molecule is COc1nc(N)nc2c1ncn2[C@@H]1O[C@H](COC(C)=O)[C@@H](OC(C)=O)[C@H]1OS(=O)(=O)C(F)(F)F. The summed E-state index contributed by atoms with van der Waals surface area (Å²) in [5.74, 6) is -2.18. The number of methoxy groups -OCH3 is 1. The summed E-state index contributed by atoms with van der Waals surface area (Å²) in [6.45, 7) is 1.37. The molecule has 0 radical (unpaired) electrons. The molecule has 3 heterocycles. The normalized spacial score (nSPS) is 23.1. The summed E-state index contributed by atoms with van der Waals surface area (Å²) in [6.07, 6.45) is -5.97. The molecule has 0 saturated carbocycles. The summed E-state index contributed by atoms with van der Waals surface area (Å²) in [5, 5.41) is 0. The van der Waals surface area contributed by atoms with Gasteiger partial charge in [-0.1, -0.05) is 0 Å². The third kappa shape index (κ3) is 4.97. The van der Waals surface area contributed by atoms with Gasteiger partial charge in [-0.15, -0.1) is 0 Å². The highest BCUT2D eigenvalue weighted by molar-refractivity contribution is 7.87. The lowest BCUT2D eigenvalue weighted by molar-refractivity contribution is -0.157. The zero-order valence-corrected chi connectivity index (χ0v) is 18.5. The number of ether oxygens (including phenoxy) is 4. The van der Waals surface area contributed by atoms with Crippen molar-refractivity contribution in [3.8, 4) is 5.88 Å². The first-order chi connectivity index (χ1) is 15.7. The maximum Gasteiger partial charge on any atom is 0.523 e. The van der Waals surface area contributed by atoms with Crippen LogP contribution in [0.1, 0.15) is 20.1 Å². The number of carbonyl (C=O) groups excluding carboxylic acids is 2. The summed E-state index contributed by atoms with van der Waals surface area (Å²) in [5.41, 5.74) is -0.290. The molecule has 4 atom stereocenters. The van der Waals surface area contributed by atoms with Gasteiger partial charge in [-0.3, -0.25) is 18.3 Å². The van der Waals surface area contributed by atoms with Crippen LogP contribution in [-0.2, 0) is 38.1 Å². The number of nitrogens with zero attached hydrogens (tertiary/aromatic N) is 4. The van der Waals surface area contributed by atoms with Crippen molar-refractivity contribution < 1.29 is 54.3 Å². The second-order valence-electron chi connectivity index (χ2n) is 6.82. The van der Waals surface area contributed by atoms with E-state index in [9.17, 15) is 31.2 Å². The number of halogens is 3. The van der Waals surface area contributed by atoms with Crippen LogP contribution in [0.2, 0.25) is 0 Å². The van der Waals surface area contributed by atoms with E-state index in [0.29, 0.717) is 0 Å². The van der Waals surface area contributed by atoms with E-state index >= 15 is 0 Å². The van der Waals surface area contributed by atoms with E-state index in [1.807, 2.05) is 0 Å². The number of carbonyl (C=O) groups is 2. The minimum Gasteiger partial charge on any atom is -0.479 e. The highest BCUT2D eigenvalue weighted by atomic mass is 32.2.